The van der Waals surface area contributed by atoms with Gasteiger partial charge in [0.2, 0.25) is 10.0 Å². The molecule has 3 rings (SSSR count). The van der Waals surface area contributed by atoms with Crippen LogP contribution in [0.25, 0.3) is 0 Å². The Hall–Kier alpha value is -1.27. The average Bonchev–Trinajstić information content (AvgIpc) is 2.86. The number of hydrogen-bond donors (Lipinski definition) is 1. The van der Waals surface area contributed by atoms with E-state index in [2.05, 4.69) is 9.71 Å². The van der Waals surface area contributed by atoms with Gasteiger partial charge in [0.1, 0.15) is 11.6 Å². The molecule has 1 saturated carbocycles. The predicted octanol–water partition coefficient (Wildman–Crippen LogP) is 3.11. The van der Waals surface area contributed by atoms with E-state index < -0.39 is 10.0 Å². The topological polar surface area (TPSA) is 67.8 Å². The fourth-order valence-electron chi connectivity index (χ4n) is 3.13. The molecule has 0 unspecified atom stereocenters. The van der Waals surface area contributed by atoms with Gasteiger partial charge in [0.05, 0.1) is 24.4 Å². The summed E-state index contributed by atoms with van der Waals surface area (Å²) in [5.74, 6) is 1.61. The zero-order valence-electron chi connectivity index (χ0n) is 13.1. The summed E-state index contributed by atoms with van der Waals surface area (Å²) in [6.07, 6.45) is 7.42. The van der Waals surface area contributed by atoms with Crippen LogP contribution >= 0.6 is 11.6 Å². The van der Waals surface area contributed by atoms with E-state index in [-0.39, 0.29) is 0 Å². The molecule has 0 bridgehead atoms. The molecule has 23 heavy (non-hydrogen) atoms. The molecule has 1 heterocycles. The Morgan fingerprint density at radius 2 is 2.04 bits per heavy atom. The van der Waals surface area contributed by atoms with Gasteiger partial charge in [0.25, 0.3) is 0 Å². The van der Waals surface area contributed by atoms with Crippen molar-refractivity contribution in [1.82, 2.24) is 4.72 Å². The molecule has 0 aromatic heterocycles. The minimum Gasteiger partial charge on any atom is -0.492 e. The molecule has 1 aliphatic carbocycles. The molecule has 2 aliphatic rings. The first-order chi connectivity index (χ1) is 10.9. The van der Waals surface area contributed by atoms with Crippen molar-refractivity contribution in [2.24, 2.45) is 10.9 Å². The minimum atomic E-state index is -3.35. The second kappa shape index (κ2) is 6.69. The maximum atomic E-state index is 11.4. The van der Waals surface area contributed by atoms with Crippen molar-refractivity contribution in [2.75, 3.05) is 12.9 Å². The number of amidine groups is 1. The van der Waals surface area contributed by atoms with Crippen molar-refractivity contribution in [3.63, 3.8) is 0 Å². The molecule has 1 aromatic carbocycles. The van der Waals surface area contributed by atoms with Crippen LogP contribution < -0.4 is 9.46 Å². The normalized spacial score (nSPS) is 18.4. The van der Waals surface area contributed by atoms with Crippen LogP contribution in [0.5, 0.6) is 5.75 Å². The van der Waals surface area contributed by atoms with Crippen molar-refractivity contribution >= 4 is 27.5 Å². The third-order valence-electron chi connectivity index (χ3n) is 4.30. The first-order valence-corrected chi connectivity index (χ1v) is 10.2. The number of hydrogen-bond acceptors (Lipinski definition) is 4. The number of sulfonamides is 1. The molecule has 126 valence electrons. The molecule has 0 amide bonds. The SMILES string of the molecule is CS(=O)(=O)NC1=NCc2cc(OCC3CCCCC3)c(Cl)cc21. The molecular formula is C16H21ClN2O3S. The van der Waals surface area contributed by atoms with Crippen molar-refractivity contribution in [3.8, 4) is 5.75 Å². The summed E-state index contributed by atoms with van der Waals surface area (Å²) >= 11 is 6.30. The van der Waals surface area contributed by atoms with Crippen molar-refractivity contribution in [3.05, 3.63) is 28.3 Å². The lowest BCUT2D eigenvalue weighted by atomic mass is 9.90. The highest BCUT2D eigenvalue weighted by atomic mass is 35.5. The zero-order chi connectivity index (χ0) is 16.4. The highest BCUT2D eigenvalue weighted by molar-refractivity contribution is 7.89. The van der Waals surface area contributed by atoms with E-state index in [4.69, 9.17) is 16.3 Å². The monoisotopic (exact) mass is 356 g/mol. The predicted molar refractivity (Wildman–Crippen MR) is 91.7 cm³/mol. The number of benzene rings is 1. The fraction of sp³-hybridized carbons (Fsp3) is 0.562. The maximum Gasteiger partial charge on any atom is 0.230 e. The van der Waals surface area contributed by atoms with E-state index in [0.29, 0.717) is 35.7 Å². The van der Waals surface area contributed by atoms with E-state index in [0.717, 1.165) is 17.4 Å². The van der Waals surface area contributed by atoms with Crippen molar-refractivity contribution in [1.29, 1.82) is 0 Å². The van der Waals surface area contributed by atoms with E-state index in [1.54, 1.807) is 6.07 Å². The summed E-state index contributed by atoms with van der Waals surface area (Å²) in [6.45, 7) is 1.12. The smallest absolute Gasteiger partial charge is 0.230 e. The third kappa shape index (κ3) is 4.18. The third-order valence-corrected chi connectivity index (χ3v) is 5.16. The summed E-state index contributed by atoms with van der Waals surface area (Å²) < 4.78 is 31.1. The van der Waals surface area contributed by atoms with Crippen LogP contribution in [0.1, 0.15) is 43.2 Å². The van der Waals surface area contributed by atoms with Crippen LogP contribution in [0, 0.1) is 5.92 Å². The van der Waals surface area contributed by atoms with E-state index in [1.807, 2.05) is 6.07 Å². The summed E-state index contributed by atoms with van der Waals surface area (Å²) in [5.41, 5.74) is 1.66. The number of nitrogens with one attached hydrogen (secondary N) is 1. The Morgan fingerprint density at radius 3 is 2.74 bits per heavy atom. The maximum absolute atomic E-state index is 11.4. The number of ether oxygens (including phenoxy) is 1. The summed E-state index contributed by atoms with van der Waals surface area (Å²) in [6, 6.07) is 3.61. The lowest BCUT2D eigenvalue weighted by molar-refractivity contribution is 0.209. The molecular weight excluding hydrogens is 336 g/mol. The average molecular weight is 357 g/mol. The molecule has 5 nitrogen and oxygen atoms in total. The van der Waals surface area contributed by atoms with Gasteiger partial charge in [-0.3, -0.25) is 9.71 Å². The van der Waals surface area contributed by atoms with Gasteiger partial charge < -0.3 is 4.74 Å². The molecule has 0 radical (unpaired) electrons. The number of rotatable bonds is 4. The van der Waals surface area contributed by atoms with Crippen LogP contribution in [0.4, 0.5) is 0 Å². The van der Waals surface area contributed by atoms with Gasteiger partial charge in [-0.2, -0.15) is 0 Å². The standard InChI is InChI=1S/C16H21ClN2O3S/c1-23(20,21)19-16-13-8-14(17)15(7-12(13)9-18-16)22-10-11-5-3-2-4-6-11/h7-8,11H,2-6,9-10H2,1H3,(H,18,19). The Morgan fingerprint density at radius 1 is 1.30 bits per heavy atom. The molecule has 7 heteroatoms. The second-order valence-corrected chi connectivity index (χ2v) is 8.45. The zero-order valence-corrected chi connectivity index (χ0v) is 14.7. The fourth-order valence-corrected chi connectivity index (χ4v) is 3.87. The van der Waals surface area contributed by atoms with E-state index >= 15 is 0 Å². The van der Waals surface area contributed by atoms with Crippen LogP contribution in [-0.4, -0.2) is 27.1 Å². The molecule has 1 aromatic rings. The second-order valence-electron chi connectivity index (χ2n) is 6.29. The number of aliphatic imine (C=N–C) groups is 1. The van der Waals surface area contributed by atoms with Crippen LogP contribution in [0.3, 0.4) is 0 Å². The Kier molecular flexibility index (Phi) is 4.82. The van der Waals surface area contributed by atoms with Crippen molar-refractivity contribution < 1.29 is 13.2 Å². The van der Waals surface area contributed by atoms with Gasteiger partial charge in [-0.1, -0.05) is 30.9 Å². The number of halogens is 1. The summed E-state index contributed by atoms with van der Waals surface area (Å²) in [7, 11) is -3.35. The first-order valence-electron chi connectivity index (χ1n) is 7.90. The quantitative estimate of drug-likeness (QED) is 0.901. The molecule has 1 fully saturated rings. The molecule has 1 N–H and O–H groups in total. The summed E-state index contributed by atoms with van der Waals surface area (Å²) in [5, 5.41) is 0.490. The Bertz CT molecular complexity index is 725. The Labute approximate surface area is 142 Å². The van der Waals surface area contributed by atoms with Gasteiger partial charge in [0.15, 0.2) is 0 Å². The minimum absolute atomic E-state index is 0.350. The first kappa shape index (κ1) is 16.6. The molecule has 0 atom stereocenters. The largest absolute Gasteiger partial charge is 0.492 e. The highest BCUT2D eigenvalue weighted by Crippen LogP contribution is 2.33. The van der Waals surface area contributed by atoms with E-state index in [1.165, 1.54) is 32.1 Å². The van der Waals surface area contributed by atoms with Crippen LogP contribution in [0.2, 0.25) is 5.02 Å². The van der Waals surface area contributed by atoms with Gasteiger partial charge in [-0.05, 0) is 36.5 Å². The summed E-state index contributed by atoms with van der Waals surface area (Å²) in [4.78, 5) is 4.23. The van der Waals surface area contributed by atoms with Gasteiger partial charge >= 0.3 is 0 Å². The van der Waals surface area contributed by atoms with Gasteiger partial charge in [0, 0.05) is 5.56 Å². The molecule has 0 saturated heterocycles. The number of fused-ring (bicyclic) bond motifs is 1. The molecule has 1 aliphatic heterocycles. The highest BCUT2D eigenvalue weighted by Gasteiger charge is 2.22. The van der Waals surface area contributed by atoms with E-state index in [9.17, 15) is 8.42 Å². The Balaban J connectivity index is 1.71. The lowest BCUT2D eigenvalue weighted by Crippen LogP contribution is -2.29. The molecule has 0 spiro atoms. The van der Waals surface area contributed by atoms with Crippen molar-refractivity contribution in [2.45, 2.75) is 38.6 Å². The van der Waals surface area contributed by atoms with Gasteiger partial charge in [-0.15, -0.1) is 0 Å². The van der Waals surface area contributed by atoms with Gasteiger partial charge in [-0.25, -0.2) is 8.42 Å². The van der Waals surface area contributed by atoms with Crippen LogP contribution in [0.15, 0.2) is 17.1 Å². The number of nitrogens with zero attached hydrogens (tertiary/aromatic N) is 1. The lowest BCUT2D eigenvalue weighted by Gasteiger charge is -2.22. The van der Waals surface area contributed by atoms with Crippen LogP contribution in [-0.2, 0) is 16.6 Å².